The average Bonchev–Trinajstić information content (AvgIpc) is 3.06. The number of hydrogen-bond acceptors (Lipinski definition) is 9. The summed E-state index contributed by atoms with van der Waals surface area (Å²) in [5.41, 5.74) is 4.68. The number of methoxy groups -OCH3 is 3. The summed E-state index contributed by atoms with van der Waals surface area (Å²) in [5, 5.41) is 11.8. The van der Waals surface area contributed by atoms with Gasteiger partial charge in [0.1, 0.15) is 17.2 Å². The molecule has 0 saturated heterocycles. The van der Waals surface area contributed by atoms with Crippen molar-refractivity contribution in [3.63, 3.8) is 0 Å². The maximum absolute atomic E-state index is 11.0. The van der Waals surface area contributed by atoms with Crippen molar-refractivity contribution in [2.45, 2.75) is 22.0 Å². The standard InChI is InChI=1S/C19H18O6.C17H19ClN2S/c1-21-12-5-4-11-6-14-13-8-17(22-2)18(23-3)9-16(13)24-10-19(14,20)25-15(11)7-12;1-19(2)10-5-11-20-14-6-3-4-7-16(14)21-17-9-8-13(18)12-15(17)20/h4-9,20H,10H2,1-3H3;3-4,6-9,12H,5,10-11H2,1-2H3. The summed E-state index contributed by atoms with van der Waals surface area (Å²) in [6.07, 6.45) is 3.02. The van der Waals surface area contributed by atoms with Crippen LogP contribution in [0.4, 0.5) is 11.4 Å². The van der Waals surface area contributed by atoms with E-state index in [1.807, 2.05) is 36.0 Å². The monoisotopic (exact) mass is 660 g/mol. The first-order valence-corrected chi connectivity index (χ1v) is 16.1. The fraction of sp³-hybridized carbons (Fsp3) is 0.278. The molecular weight excluding hydrogens is 624 g/mol. The number of ether oxygens (including phenoxy) is 5. The van der Waals surface area contributed by atoms with Gasteiger partial charge >= 0.3 is 0 Å². The number of anilines is 2. The summed E-state index contributed by atoms with van der Waals surface area (Å²) in [6, 6.07) is 23.8. The van der Waals surface area contributed by atoms with Crippen molar-refractivity contribution >= 4 is 46.4 Å². The Morgan fingerprint density at radius 2 is 1.65 bits per heavy atom. The SMILES string of the molecule is CN(C)CCCN1c2ccccc2Sc2ccc(Cl)cc21.COc1ccc2c(c1)OC1(O)COc3cc(OC)c(OC)cc3C1=C2. The number of aliphatic hydroxyl groups is 1. The van der Waals surface area contributed by atoms with Gasteiger partial charge in [0.2, 0.25) is 0 Å². The Balaban J connectivity index is 0.000000164. The van der Waals surface area contributed by atoms with E-state index < -0.39 is 5.79 Å². The van der Waals surface area contributed by atoms with E-state index in [1.165, 1.54) is 21.2 Å². The molecule has 0 saturated carbocycles. The fourth-order valence-corrected chi connectivity index (χ4v) is 6.95. The Labute approximate surface area is 279 Å². The van der Waals surface area contributed by atoms with Gasteiger partial charge in [-0.2, -0.15) is 0 Å². The van der Waals surface area contributed by atoms with Gasteiger partial charge in [-0.25, -0.2) is 0 Å². The van der Waals surface area contributed by atoms with E-state index in [0.717, 1.165) is 30.1 Å². The van der Waals surface area contributed by atoms with E-state index in [4.69, 9.17) is 35.3 Å². The topological polar surface area (TPSA) is 72.9 Å². The third-order valence-electron chi connectivity index (χ3n) is 7.99. The van der Waals surface area contributed by atoms with E-state index in [9.17, 15) is 5.11 Å². The Kier molecular flexibility index (Phi) is 9.29. The first-order valence-electron chi connectivity index (χ1n) is 14.9. The lowest BCUT2D eigenvalue weighted by atomic mass is 9.90. The quantitative estimate of drug-likeness (QED) is 0.216. The second kappa shape index (κ2) is 13.4. The average molecular weight is 661 g/mol. The van der Waals surface area contributed by atoms with Gasteiger partial charge in [0, 0.05) is 50.2 Å². The molecule has 3 heterocycles. The van der Waals surface area contributed by atoms with Crippen molar-refractivity contribution in [2.75, 3.05) is 60.0 Å². The van der Waals surface area contributed by atoms with Gasteiger partial charge in [-0.3, -0.25) is 0 Å². The number of rotatable bonds is 7. The Morgan fingerprint density at radius 1 is 0.891 bits per heavy atom. The second-order valence-corrected chi connectivity index (χ2v) is 12.9. The number of para-hydroxylation sites is 1. The first-order chi connectivity index (χ1) is 22.2. The van der Waals surface area contributed by atoms with Gasteiger partial charge in [-0.05, 0) is 81.7 Å². The lowest BCUT2D eigenvalue weighted by molar-refractivity contribution is -0.116. The van der Waals surface area contributed by atoms with Gasteiger partial charge in [0.15, 0.2) is 18.1 Å². The van der Waals surface area contributed by atoms with Crippen LogP contribution < -0.4 is 28.6 Å². The summed E-state index contributed by atoms with van der Waals surface area (Å²) in [6.45, 7) is 2.06. The number of halogens is 1. The smallest absolute Gasteiger partial charge is 0.270 e. The zero-order valence-electron chi connectivity index (χ0n) is 26.5. The first kappa shape index (κ1) is 31.9. The summed E-state index contributed by atoms with van der Waals surface area (Å²) < 4.78 is 27.5. The molecule has 1 unspecified atom stereocenters. The molecule has 0 amide bonds. The van der Waals surface area contributed by atoms with Gasteiger partial charge in [-0.15, -0.1) is 0 Å². The van der Waals surface area contributed by atoms with Gasteiger partial charge < -0.3 is 38.6 Å². The molecule has 4 aromatic carbocycles. The van der Waals surface area contributed by atoms with Crippen LogP contribution in [0.2, 0.25) is 5.02 Å². The second-order valence-electron chi connectivity index (χ2n) is 11.3. The van der Waals surface area contributed by atoms with Crippen molar-refractivity contribution in [3.8, 4) is 28.7 Å². The molecule has 240 valence electrons. The van der Waals surface area contributed by atoms with Crippen molar-refractivity contribution in [1.29, 1.82) is 0 Å². The van der Waals surface area contributed by atoms with Crippen LogP contribution in [-0.2, 0) is 0 Å². The molecule has 1 N–H and O–H groups in total. The van der Waals surface area contributed by atoms with Crippen LogP contribution in [0.15, 0.2) is 82.6 Å². The van der Waals surface area contributed by atoms with Crippen LogP contribution in [0.3, 0.4) is 0 Å². The van der Waals surface area contributed by atoms with Crippen molar-refractivity contribution in [2.24, 2.45) is 0 Å². The normalized spacial score (nSPS) is 17.0. The van der Waals surface area contributed by atoms with Crippen LogP contribution in [0.5, 0.6) is 28.7 Å². The molecule has 3 aliphatic rings. The van der Waals surface area contributed by atoms with Crippen LogP contribution in [0, 0.1) is 0 Å². The summed E-state index contributed by atoms with van der Waals surface area (Å²) >= 11 is 8.03. The third-order valence-corrected chi connectivity index (χ3v) is 9.36. The van der Waals surface area contributed by atoms with E-state index in [2.05, 4.69) is 60.3 Å². The largest absolute Gasteiger partial charge is 0.497 e. The number of benzene rings is 4. The van der Waals surface area contributed by atoms with Crippen LogP contribution in [-0.4, -0.2) is 70.9 Å². The van der Waals surface area contributed by atoms with Gasteiger partial charge in [0.25, 0.3) is 5.79 Å². The number of nitrogens with zero attached hydrogens (tertiary/aromatic N) is 2. The Morgan fingerprint density at radius 3 is 2.41 bits per heavy atom. The molecule has 4 aromatic rings. The maximum atomic E-state index is 11.0. The van der Waals surface area contributed by atoms with Crippen molar-refractivity contribution < 1.29 is 28.8 Å². The Hall–Kier alpha value is -4.02. The highest BCUT2D eigenvalue weighted by atomic mass is 35.5. The predicted octanol–water partition coefficient (Wildman–Crippen LogP) is 7.62. The Bertz CT molecular complexity index is 1780. The lowest BCUT2D eigenvalue weighted by Crippen LogP contribution is -2.47. The molecular formula is C36H37ClN2O6S. The zero-order valence-corrected chi connectivity index (χ0v) is 28.1. The lowest BCUT2D eigenvalue weighted by Gasteiger charge is -2.39. The molecule has 0 aliphatic carbocycles. The van der Waals surface area contributed by atoms with Crippen molar-refractivity contribution in [1.82, 2.24) is 4.90 Å². The molecule has 8 nitrogen and oxygen atoms in total. The van der Waals surface area contributed by atoms with Gasteiger partial charge in [0.05, 0.1) is 32.7 Å². The maximum Gasteiger partial charge on any atom is 0.270 e. The van der Waals surface area contributed by atoms with Crippen LogP contribution >= 0.6 is 23.4 Å². The van der Waals surface area contributed by atoms with E-state index in [-0.39, 0.29) is 6.61 Å². The van der Waals surface area contributed by atoms with E-state index in [0.29, 0.717) is 39.9 Å². The van der Waals surface area contributed by atoms with Gasteiger partial charge in [-0.1, -0.05) is 35.5 Å². The number of fused-ring (bicyclic) bond motifs is 6. The molecule has 0 aromatic heterocycles. The molecule has 0 fully saturated rings. The summed E-state index contributed by atoms with van der Waals surface area (Å²) in [5.74, 6) is 1.34. The summed E-state index contributed by atoms with van der Waals surface area (Å²) in [7, 11) is 8.94. The highest BCUT2D eigenvalue weighted by Crippen LogP contribution is 2.50. The van der Waals surface area contributed by atoms with Crippen molar-refractivity contribution in [3.05, 3.63) is 88.9 Å². The highest BCUT2D eigenvalue weighted by Gasteiger charge is 2.44. The molecule has 0 radical (unpaired) electrons. The molecule has 10 heteroatoms. The molecule has 3 aliphatic heterocycles. The van der Waals surface area contributed by atoms with Crippen LogP contribution in [0.1, 0.15) is 17.5 Å². The van der Waals surface area contributed by atoms with E-state index >= 15 is 0 Å². The van der Waals surface area contributed by atoms with E-state index in [1.54, 1.807) is 39.5 Å². The zero-order chi connectivity index (χ0) is 32.4. The molecule has 0 spiro atoms. The highest BCUT2D eigenvalue weighted by molar-refractivity contribution is 7.99. The molecule has 46 heavy (non-hydrogen) atoms. The minimum Gasteiger partial charge on any atom is -0.497 e. The summed E-state index contributed by atoms with van der Waals surface area (Å²) in [4.78, 5) is 7.22. The van der Waals surface area contributed by atoms with Crippen LogP contribution in [0.25, 0.3) is 11.6 Å². The minimum absolute atomic E-state index is 0.0298. The molecule has 0 bridgehead atoms. The minimum atomic E-state index is -1.58. The molecule has 7 rings (SSSR count). The molecule has 1 atom stereocenters. The number of hydrogen-bond donors (Lipinski definition) is 1. The third kappa shape index (κ3) is 6.33. The fourth-order valence-electron chi connectivity index (χ4n) is 5.70. The predicted molar refractivity (Wildman–Crippen MR) is 184 cm³/mol.